The Hall–Kier alpha value is -1.84. The van der Waals surface area contributed by atoms with E-state index in [1.165, 1.54) is 11.3 Å². The van der Waals surface area contributed by atoms with Crippen LogP contribution in [0.25, 0.3) is 0 Å². The van der Waals surface area contributed by atoms with E-state index in [-0.39, 0.29) is 19.0 Å². The molecule has 5 N–H and O–H groups in total. The highest BCUT2D eigenvalue weighted by molar-refractivity contribution is 7.17. The van der Waals surface area contributed by atoms with Crippen LogP contribution in [-0.2, 0) is 13.0 Å². The van der Waals surface area contributed by atoms with Gasteiger partial charge in [0.25, 0.3) is 5.91 Å². The number of fused-ring (bicyclic) bond motifs is 1. The van der Waals surface area contributed by atoms with Crippen LogP contribution in [0.5, 0.6) is 0 Å². The molecule has 2 heterocycles. The number of carbonyl (C=O) groups excluding carboxylic acids is 2. The zero-order valence-electron chi connectivity index (χ0n) is 14.3. The van der Waals surface area contributed by atoms with Gasteiger partial charge in [-0.25, -0.2) is 4.79 Å². The van der Waals surface area contributed by atoms with E-state index in [9.17, 15) is 9.59 Å². The van der Waals surface area contributed by atoms with E-state index in [1.807, 2.05) is 0 Å². The van der Waals surface area contributed by atoms with Gasteiger partial charge in [-0.2, -0.15) is 0 Å². The number of anilines is 2. The van der Waals surface area contributed by atoms with E-state index in [2.05, 4.69) is 15.5 Å². The van der Waals surface area contributed by atoms with Gasteiger partial charge in [-0.1, -0.05) is 11.6 Å². The highest BCUT2D eigenvalue weighted by Crippen LogP contribution is 2.37. The molecule has 0 bridgehead atoms. The number of nitrogens with zero attached hydrogens (tertiary/aromatic N) is 1. The summed E-state index contributed by atoms with van der Waals surface area (Å²) in [6, 6.07) is 6.25. The van der Waals surface area contributed by atoms with E-state index in [4.69, 9.17) is 22.4 Å². The third-order valence-corrected chi connectivity index (χ3v) is 5.51. The molecule has 0 spiro atoms. The quantitative estimate of drug-likeness (QED) is 0.584. The van der Waals surface area contributed by atoms with Crippen molar-refractivity contribution in [3.05, 3.63) is 45.3 Å². The maximum atomic E-state index is 12.3. The predicted molar refractivity (Wildman–Crippen MR) is 110 cm³/mol. The molecule has 10 heteroatoms. The Morgan fingerprint density at radius 2 is 1.96 bits per heavy atom. The molecule has 7 nitrogen and oxygen atoms in total. The first-order valence-corrected chi connectivity index (χ1v) is 9.28. The molecule has 0 radical (unpaired) electrons. The predicted octanol–water partition coefficient (Wildman–Crippen LogP) is 2.92. The first kappa shape index (κ1) is 21.5. The zero-order chi connectivity index (χ0) is 18.7. The summed E-state index contributed by atoms with van der Waals surface area (Å²) in [5.41, 5.74) is 7.40. The number of carbonyl (C=O) groups is 2. The first-order valence-electron chi connectivity index (χ1n) is 8.09. The van der Waals surface area contributed by atoms with Crippen molar-refractivity contribution in [2.24, 2.45) is 5.73 Å². The van der Waals surface area contributed by atoms with Crippen molar-refractivity contribution in [3.63, 3.8) is 0 Å². The third-order valence-electron chi connectivity index (χ3n) is 4.13. The fourth-order valence-corrected chi connectivity index (χ4v) is 4.35. The van der Waals surface area contributed by atoms with Crippen molar-refractivity contribution in [2.75, 3.05) is 30.3 Å². The SMILES string of the molecule is Cl.NC(=O)c1c(NC(=O)Nc2ccc(Cl)cc2)sc2c1CCN(CCO)C2. The second-order valence-electron chi connectivity index (χ2n) is 5.91. The first-order chi connectivity index (χ1) is 12.5. The summed E-state index contributed by atoms with van der Waals surface area (Å²) in [6.45, 7) is 2.02. The minimum atomic E-state index is -0.556. The van der Waals surface area contributed by atoms with E-state index in [0.29, 0.717) is 40.8 Å². The van der Waals surface area contributed by atoms with Gasteiger partial charge in [-0.05, 0) is 36.2 Å². The molecule has 3 rings (SSSR count). The number of nitrogens with two attached hydrogens (primary N) is 1. The number of halogens is 2. The highest BCUT2D eigenvalue weighted by Gasteiger charge is 2.27. The maximum Gasteiger partial charge on any atom is 0.324 e. The van der Waals surface area contributed by atoms with E-state index < -0.39 is 11.9 Å². The van der Waals surface area contributed by atoms with Crippen LogP contribution in [0.2, 0.25) is 5.02 Å². The summed E-state index contributed by atoms with van der Waals surface area (Å²) in [5, 5.41) is 15.5. The molecule has 0 atom stereocenters. The minimum absolute atomic E-state index is 0. The molecule has 0 fully saturated rings. The van der Waals surface area contributed by atoms with Crippen molar-refractivity contribution >= 4 is 58.0 Å². The summed E-state index contributed by atoms with van der Waals surface area (Å²) in [5.74, 6) is -0.556. The molecule has 2 aromatic rings. The van der Waals surface area contributed by atoms with Crippen molar-refractivity contribution in [1.29, 1.82) is 0 Å². The van der Waals surface area contributed by atoms with E-state index in [0.717, 1.165) is 17.0 Å². The number of aliphatic hydroxyl groups excluding tert-OH is 1. The molecule has 0 saturated heterocycles. The van der Waals surface area contributed by atoms with Gasteiger partial charge in [0.1, 0.15) is 5.00 Å². The fraction of sp³-hybridized carbons (Fsp3) is 0.294. The largest absolute Gasteiger partial charge is 0.395 e. The Bertz CT molecular complexity index is 826. The van der Waals surface area contributed by atoms with Crippen LogP contribution in [0.15, 0.2) is 24.3 Å². The summed E-state index contributed by atoms with van der Waals surface area (Å²) in [7, 11) is 0. The number of β-amino-alcohol motifs (C(OH)–C–C–N with tert-alkyl or cyclic N) is 1. The van der Waals surface area contributed by atoms with Crippen LogP contribution >= 0.6 is 35.3 Å². The van der Waals surface area contributed by atoms with Gasteiger partial charge in [0.2, 0.25) is 0 Å². The minimum Gasteiger partial charge on any atom is -0.395 e. The number of thiophene rings is 1. The molecule has 27 heavy (non-hydrogen) atoms. The van der Waals surface area contributed by atoms with Crippen LogP contribution in [-0.4, -0.2) is 41.6 Å². The van der Waals surface area contributed by atoms with Gasteiger partial charge in [0.15, 0.2) is 0 Å². The standard InChI is InChI=1S/C17H19ClN4O3S.ClH/c18-10-1-3-11(4-2-10)20-17(25)21-16-14(15(19)24)12-5-6-22(7-8-23)9-13(12)26-16;/h1-4,23H,5-9H2,(H2,19,24)(H2,20,21,25);1H. The van der Waals surface area contributed by atoms with Crippen LogP contribution in [0.3, 0.4) is 0 Å². The normalized spacial score (nSPS) is 13.4. The molecule has 1 aliphatic heterocycles. The molecule has 1 aromatic heterocycles. The van der Waals surface area contributed by atoms with Crippen molar-refractivity contribution in [2.45, 2.75) is 13.0 Å². The Kier molecular flexibility index (Phi) is 7.46. The van der Waals surface area contributed by atoms with Gasteiger partial charge in [-0.3, -0.25) is 15.0 Å². The average molecular weight is 431 g/mol. The Balaban J connectivity index is 0.00000261. The number of aliphatic hydroxyl groups is 1. The zero-order valence-corrected chi connectivity index (χ0v) is 16.7. The molecule has 146 valence electrons. The van der Waals surface area contributed by atoms with Crippen LogP contribution in [0.1, 0.15) is 20.8 Å². The topological polar surface area (TPSA) is 108 Å². The lowest BCUT2D eigenvalue weighted by Gasteiger charge is -2.25. The number of primary amides is 1. The number of hydrogen-bond donors (Lipinski definition) is 4. The molecule has 0 saturated carbocycles. The number of nitrogens with one attached hydrogen (secondary N) is 2. The Morgan fingerprint density at radius 1 is 1.26 bits per heavy atom. The molecular weight excluding hydrogens is 411 g/mol. The summed E-state index contributed by atoms with van der Waals surface area (Å²) < 4.78 is 0. The lowest BCUT2D eigenvalue weighted by molar-refractivity contribution is 0.0999. The number of urea groups is 1. The van der Waals surface area contributed by atoms with Crippen molar-refractivity contribution in [3.8, 4) is 0 Å². The van der Waals surface area contributed by atoms with E-state index in [1.54, 1.807) is 24.3 Å². The van der Waals surface area contributed by atoms with Gasteiger partial charge < -0.3 is 16.2 Å². The molecule has 0 unspecified atom stereocenters. The van der Waals surface area contributed by atoms with Gasteiger partial charge in [0.05, 0.1) is 12.2 Å². The monoisotopic (exact) mass is 430 g/mol. The summed E-state index contributed by atoms with van der Waals surface area (Å²) in [4.78, 5) is 27.3. The number of hydrogen-bond acceptors (Lipinski definition) is 5. The fourth-order valence-electron chi connectivity index (χ4n) is 2.94. The molecular formula is C17H20Cl2N4O3S. The third kappa shape index (κ3) is 5.12. The number of amides is 3. The van der Waals surface area contributed by atoms with Crippen LogP contribution < -0.4 is 16.4 Å². The van der Waals surface area contributed by atoms with Crippen LogP contribution in [0, 0.1) is 0 Å². The highest BCUT2D eigenvalue weighted by atomic mass is 35.5. The molecule has 1 aliphatic rings. The second kappa shape index (κ2) is 9.38. The molecule has 0 aliphatic carbocycles. The number of benzene rings is 1. The van der Waals surface area contributed by atoms with Gasteiger partial charge in [-0.15, -0.1) is 23.7 Å². The molecule has 1 aromatic carbocycles. The van der Waals surface area contributed by atoms with Gasteiger partial charge >= 0.3 is 6.03 Å². The molecule has 3 amide bonds. The van der Waals surface area contributed by atoms with Crippen LogP contribution in [0.4, 0.5) is 15.5 Å². The lowest BCUT2D eigenvalue weighted by atomic mass is 10.0. The smallest absolute Gasteiger partial charge is 0.324 e. The van der Waals surface area contributed by atoms with E-state index >= 15 is 0 Å². The number of rotatable bonds is 5. The van der Waals surface area contributed by atoms with Gasteiger partial charge in [0, 0.05) is 35.2 Å². The summed E-state index contributed by atoms with van der Waals surface area (Å²) in [6.07, 6.45) is 0.657. The lowest BCUT2D eigenvalue weighted by Crippen LogP contribution is -2.32. The second-order valence-corrected chi connectivity index (χ2v) is 7.45. The Labute approximate surface area is 171 Å². The Morgan fingerprint density at radius 3 is 2.59 bits per heavy atom. The van der Waals surface area contributed by atoms with Crippen molar-refractivity contribution in [1.82, 2.24) is 4.90 Å². The average Bonchev–Trinajstić information content (AvgIpc) is 2.94. The van der Waals surface area contributed by atoms with Crippen molar-refractivity contribution < 1.29 is 14.7 Å². The summed E-state index contributed by atoms with van der Waals surface area (Å²) >= 11 is 7.17. The maximum absolute atomic E-state index is 12.3.